The zero-order chi connectivity index (χ0) is 20.5. The van der Waals surface area contributed by atoms with Gasteiger partial charge >= 0.3 is 6.18 Å². The number of anilines is 1. The Labute approximate surface area is 173 Å². The van der Waals surface area contributed by atoms with E-state index in [1.165, 1.54) is 12.3 Å². The van der Waals surface area contributed by atoms with E-state index >= 15 is 0 Å². The summed E-state index contributed by atoms with van der Waals surface area (Å²) < 4.78 is 38.0. The van der Waals surface area contributed by atoms with Crippen LogP contribution in [0, 0.1) is 0 Å². The number of hydrogen-bond donors (Lipinski definition) is 1. The molecule has 11 heteroatoms. The van der Waals surface area contributed by atoms with Gasteiger partial charge in [0, 0.05) is 18.6 Å². The van der Waals surface area contributed by atoms with Gasteiger partial charge < -0.3 is 10.2 Å². The van der Waals surface area contributed by atoms with Crippen LogP contribution in [0.15, 0.2) is 36.8 Å². The molecule has 148 valence electrons. The van der Waals surface area contributed by atoms with Crippen molar-refractivity contribution in [1.82, 2.24) is 15.3 Å². The van der Waals surface area contributed by atoms with Crippen LogP contribution in [0.1, 0.15) is 17.7 Å². The molecule has 1 atom stereocenters. The van der Waals surface area contributed by atoms with Crippen LogP contribution in [0.25, 0.3) is 0 Å². The summed E-state index contributed by atoms with van der Waals surface area (Å²) >= 11 is 17.9. The van der Waals surface area contributed by atoms with E-state index in [1.807, 2.05) is 0 Å². The predicted octanol–water partition coefficient (Wildman–Crippen LogP) is 4.86. The summed E-state index contributed by atoms with van der Waals surface area (Å²) in [5, 5.41) is 3.09. The second-order valence-electron chi connectivity index (χ2n) is 5.87. The lowest BCUT2D eigenvalue weighted by atomic mass is 10.2. The summed E-state index contributed by atoms with van der Waals surface area (Å²) in [6.45, 7) is -0.123. The number of carbonyl (C=O) groups excluding carboxylic acids is 1. The monoisotopic (exact) mass is 450 g/mol. The van der Waals surface area contributed by atoms with Gasteiger partial charge in [-0.05, 0) is 18.6 Å². The Balaban J connectivity index is 1.69. The third-order valence-electron chi connectivity index (χ3n) is 3.97. The maximum atomic E-state index is 12.7. The van der Waals surface area contributed by atoms with Crippen molar-refractivity contribution in [2.75, 3.05) is 4.90 Å². The average Bonchev–Trinajstić information content (AvgIpc) is 3.09. The molecule has 1 unspecified atom stereocenters. The highest BCUT2D eigenvalue weighted by Gasteiger charge is 2.32. The highest BCUT2D eigenvalue weighted by atomic mass is 35.5. The highest BCUT2D eigenvalue weighted by molar-refractivity contribution is 6.36. The lowest BCUT2D eigenvalue weighted by Gasteiger charge is -2.24. The smallest absolute Gasteiger partial charge is 0.349 e. The second-order valence-corrected chi connectivity index (χ2v) is 7.12. The molecule has 3 heterocycles. The van der Waals surface area contributed by atoms with Gasteiger partial charge in [-0.15, -0.1) is 0 Å². The van der Waals surface area contributed by atoms with E-state index in [-0.39, 0.29) is 28.2 Å². The van der Waals surface area contributed by atoms with Crippen molar-refractivity contribution < 1.29 is 18.0 Å². The third kappa shape index (κ3) is 4.51. The molecule has 1 aliphatic rings. The van der Waals surface area contributed by atoms with Gasteiger partial charge in [-0.1, -0.05) is 40.9 Å². The molecule has 0 aromatic carbocycles. The van der Waals surface area contributed by atoms with Gasteiger partial charge in [0.05, 0.1) is 32.9 Å². The van der Waals surface area contributed by atoms with Gasteiger partial charge in [-0.3, -0.25) is 9.78 Å². The van der Waals surface area contributed by atoms with Crippen LogP contribution >= 0.6 is 34.8 Å². The molecule has 0 saturated heterocycles. The molecule has 1 aliphatic heterocycles. The van der Waals surface area contributed by atoms with Crippen molar-refractivity contribution in [2.24, 2.45) is 0 Å². The molecule has 0 saturated carbocycles. The zero-order valence-electron chi connectivity index (χ0n) is 14.0. The van der Waals surface area contributed by atoms with Crippen LogP contribution in [0.2, 0.25) is 15.1 Å². The van der Waals surface area contributed by atoms with Crippen LogP contribution < -0.4 is 10.2 Å². The molecule has 0 aliphatic carbocycles. The lowest BCUT2D eigenvalue weighted by molar-refractivity contribution is -0.137. The van der Waals surface area contributed by atoms with Gasteiger partial charge in [-0.25, -0.2) is 4.98 Å². The average molecular weight is 452 g/mol. The number of carbonyl (C=O) groups is 1. The Morgan fingerprint density at radius 3 is 2.57 bits per heavy atom. The van der Waals surface area contributed by atoms with Gasteiger partial charge in [0.2, 0.25) is 5.91 Å². The topological polar surface area (TPSA) is 58.1 Å². The molecule has 5 nitrogen and oxygen atoms in total. The number of aromatic nitrogens is 2. The molecule has 1 amide bonds. The van der Waals surface area contributed by atoms with Gasteiger partial charge in [0.25, 0.3) is 0 Å². The summed E-state index contributed by atoms with van der Waals surface area (Å²) in [7, 11) is 0. The second kappa shape index (κ2) is 8.14. The first-order chi connectivity index (χ1) is 13.2. The summed E-state index contributed by atoms with van der Waals surface area (Å²) in [4.78, 5) is 22.0. The summed E-state index contributed by atoms with van der Waals surface area (Å²) in [5.41, 5.74) is -0.828. The number of halogens is 6. The normalized spacial score (nSPS) is 16.5. The largest absolute Gasteiger partial charge is 0.417 e. The number of nitrogens with zero attached hydrogens (tertiary/aromatic N) is 3. The highest BCUT2D eigenvalue weighted by Crippen LogP contribution is 2.32. The van der Waals surface area contributed by atoms with Gasteiger partial charge in [0.1, 0.15) is 6.04 Å². The fourth-order valence-electron chi connectivity index (χ4n) is 2.61. The zero-order valence-corrected chi connectivity index (χ0v) is 16.2. The van der Waals surface area contributed by atoms with E-state index in [4.69, 9.17) is 34.8 Å². The Hall–Kier alpha value is -2.03. The first kappa shape index (κ1) is 20.7. The van der Waals surface area contributed by atoms with Crippen molar-refractivity contribution in [3.05, 3.63) is 63.1 Å². The maximum Gasteiger partial charge on any atom is 0.417 e. The molecule has 28 heavy (non-hydrogen) atoms. The molecule has 2 aromatic rings. The van der Waals surface area contributed by atoms with Crippen molar-refractivity contribution in [2.45, 2.75) is 25.2 Å². The minimum absolute atomic E-state index is 0.123. The Morgan fingerprint density at radius 2 is 1.93 bits per heavy atom. The molecular formula is C17H12Cl3F3N4O. The van der Waals surface area contributed by atoms with Gasteiger partial charge in [-0.2, -0.15) is 13.2 Å². The molecule has 0 bridgehead atoms. The number of amides is 1. The van der Waals surface area contributed by atoms with Crippen molar-refractivity contribution >= 4 is 46.5 Å². The number of rotatable bonds is 4. The van der Waals surface area contributed by atoms with Crippen LogP contribution in [0.5, 0.6) is 0 Å². The molecule has 0 fully saturated rings. The van der Waals surface area contributed by atoms with E-state index in [9.17, 15) is 18.0 Å². The predicted molar refractivity (Wildman–Crippen MR) is 100 cm³/mol. The Morgan fingerprint density at radius 1 is 1.18 bits per heavy atom. The van der Waals surface area contributed by atoms with Crippen LogP contribution in [0.4, 0.5) is 19.0 Å². The quantitative estimate of drug-likeness (QED) is 0.721. The standard InChI is InChI=1S/C17H12Cl3F3N4O/c18-10-5-12(20)15(25-7-10)27-3-1-2-14(27)16(28)26-8-13-11(19)4-9(6-24-13)17(21,22)23/h1,3-7,14H,2,8H2,(H,26,28). The van der Waals surface area contributed by atoms with E-state index < -0.39 is 17.8 Å². The molecule has 3 rings (SSSR count). The fraction of sp³-hybridized carbons (Fsp3) is 0.235. The van der Waals surface area contributed by atoms with Crippen LogP contribution in [-0.4, -0.2) is 21.9 Å². The minimum Gasteiger partial charge on any atom is -0.349 e. The first-order valence-electron chi connectivity index (χ1n) is 7.92. The molecule has 1 N–H and O–H groups in total. The van der Waals surface area contributed by atoms with E-state index in [1.54, 1.807) is 17.2 Å². The number of hydrogen-bond acceptors (Lipinski definition) is 4. The molecule has 0 spiro atoms. The summed E-state index contributed by atoms with van der Waals surface area (Å²) in [5.74, 6) is -0.0127. The first-order valence-corrected chi connectivity index (χ1v) is 9.05. The van der Waals surface area contributed by atoms with Crippen molar-refractivity contribution in [3.63, 3.8) is 0 Å². The lowest BCUT2D eigenvalue weighted by Crippen LogP contribution is -2.42. The third-order valence-corrected chi connectivity index (χ3v) is 4.78. The Bertz CT molecular complexity index is 936. The van der Waals surface area contributed by atoms with Crippen LogP contribution in [0.3, 0.4) is 0 Å². The fourth-order valence-corrected chi connectivity index (χ4v) is 3.32. The van der Waals surface area contributed by atoms with E-state index in [0.717, 1.165) is 6.07 Å². The van der Waals surface area contributed by atoms with Crippen molar-refractivity contribution in [3.8, 4) is 0 Å². The number of alkyl halides is 3. The Kier molecular flexibility index (Phi) is 6.02. The van der Waals surface area contributed by atoms with E-state index in [2.05, 4.69) is 15.3 Å². The van der Waals surface area contributed by atoms with Crippen LogP contribution in [-0.2, 0) is 17.5 Å². The molecule has 0 radical (unpaired) electrons. The number of pyridine rings is 2. The summed E-state index contributed by atoms with van der Waals surface area (Å²) in [6.07, 6.45) is 1.40. The van der Waals surface area contributed by atoms with Gasteiger partial charge in [0.15, 0.2) is 5.82 Å². The maximum absolute atomic E-state index is 12.7. The minimum atomic E-state index is -4.54. The van der Waals surface area contributed by atoms with E-state index in [0.29, 0.717) is 23.5 Å². The summed E-state index contributed by atoms with van der Waals surface area (Å²) in [6, 6.07) is 1.66. The number of nitrogens with one attached hydrogen (secondary N) is 1. The van der Waals surface area contributed by atoms with Crippen molar-refractivity contribution in [1.29, 1.82) is 0 Å². The molecule has 2 aromatic heterocycles. The SMILES string of the molecule is O=C(NCc1ncc(C(F)(F)F)cc1Cl)C1CC=CN1c1ncc(Cl)cc1Cl. The molecular weight excluding hydrogens is 440 g/mol.